The van der Waals surface area contributed by atoms with Crippen LogP contribution in [-0.4, -0.2) is 10.6 Å². The minimum absolute atomic E-state index is 0.0574. The Morgan fingerprint density at radius 1 is 1.50 bits per heavy atom. The van der Waals surface area contributed by atoms with Gasteiger partial charge in [-0.25, -0.2) is 0 Å². The lowest BCUT2D eigenvalue weighted by Crippen LogP contribution is -2.00. The Labute approximate surface area is 107 Å². The number of hydrazone groups is 1. The average Bonchev–Trinajstić information content (AvgIpc) is 2.34. The molecule has 0 heterocycles. The minimum atomic E-state index is -0.397. The maximum Gasteiger partial charge on any atom is 0.294 e. The predicted octanol–water partition coefficient (Wildman–Crippen LogP) is 3.88. The Morgan fingerprint density at radius 2 is 2.22 bits per heavy atom. The van der Waals surface area contributed by atoms with Crippen LogP contribution in [-0.2, 0) is 0 Å². The molecule has 1 N–H and O–H groups in total. The summed E-state index contributed by atoms with van der Waals surface area (Å²) in [6, 6.07) is 5.05. The van der Waals surface area contributed by atoms with Crippen molar-refractivity contribution in [3.05, 3.63) is 33.9 Å². The van der Waals surface area contributed by atoms with Crippen LogP contribution in [0.15, 0.2) is 23.3 Å². The number of rotatable bonds is 6. The van der Waals surface area contributed by atoms with Crippen LogP contribution in [0.25, 0.3) is 0 Å². The summed E-state index contributed by atoms with van der Waals surface area (Å²) >= 11 is 0. The van der Waals surface area contributed by atoms with Crippen molar-refractivity contribution in [1.29, 1.82) is 0 Å². The van der Waals surface area contributed by atoms with Crippen LogP contribution in [0.5, 0.6) is 0 Å². The van der Waals surface area contributed by atoms with E-state index in [1.165, 1.54) is 0 Å². The molecule has 18 heavy (non-hydrogen) atoms. The number of benzene rings is 1. The normalized spacial score (nSPS) is 11.4. The molecule has 5 heteroatoms. The van der Waals surface area contributed by atoms with E-state index in [4.69, 9.17) is 0 Å². The molecule has 0 aromatic heterocycles. The van der Waals surface area contributed by atoms with Crippen LogP contribution in [0.2, 0.25) is 0 Å². The number of hydrogen-bond donors (Lipinski definition) is 1. The Bertz CT molecular complexity index is 456. The van der Waals surface area contributed by atoms with Gasteiger partial charge < -0.3 is 0 Å². The highest BCUT2D eigenvalue weighted by Gasteiger charge is 2.12. The molecule has 0 spiro atoms. The topological polar surface area (TPSA) is 67.5 Å². The van der Waals surface area contributed by atoms with Crippen LogP contribution in [0.1, 0.15) is 38.7 Å². The van der Waals surface area contributed by atoms with Gasteiger partial charge in [0.1, 0.15) is 5.69 Å². The second kappa shape index (κ2) is 6.74. The van der Waals surface area contributed by atoms with Crippen LogP contribution >= 0.6 is 0 Å². The first kappa shape index (κ1) is 14.2. The first-order chi connectivity index (χ1) is 8.54. The Balaban J connectivity index is 2.81. The molecule has 5 nitrogen and oxygen atoms in total. The van der Waals surface area contributed by atoms with E-state index in [-0.39, 0.29) is 5.69 Å². The van der Waals surface area contributed by atoms with E-state index < -0.39 is 4.92 Å². The first-order valence-corrected chi connectivity index (χ1v) is 6.08. The van der Waals surface area contributed by atoms with Gasteiger partial charge in [-0.3, -0.25) is 15.5 Å². The molecule has 0 fully saturated rings. The van der Waals surface area contributed by atoms with Crippen LogP contribution in [0.4, 0.5) is 11.4 Å². The van der Waals surface area contributed by atoms with Gasteiger partial charge in [0.2, 0.25) is 0 Å². The Kier molecular flexibility index (Phi) is 5.30. The van der Waals surface area contributed by atoms with Gasteiger partial charge in [-0.1, -0.05) is 19.4 Å². The van der Waals surface area contributed by atoms with Gasteiger partial charge in [-0.15, -0.1) is 0 Å². The maximum atomic E-state index is 10.9. The lowest BCUT2D eigenvalue weighted by molar-refractivity contribution is -0.384. The molecule has 0 aliphatic carbocycles. The second-order valence-corrected chi connectivity index (χ2v) is 4.34. The molecule has 0 radical (unpaired) electrons. The van der Waals surface area contributed by atoms with Crippen molar-refractivity contribution in [1.82, 2.24) is 0 Å². The molecular weight excluding hydrogens is 230 g/mol. The molecule has 98 valence electrons. The molecule has 1 rings (SSSR count). The van der Waals surface area contributed by atoms with E-state index in [9.17, 15) is 10.1 Å². The smallest absolute Gasteiger partial charge is 0.272 e. The number of unbranched alkanes of at least 4 members (excludes halogenated alkanes) is 1. The van der Waals surface area contributed by atoms with Crippen molar-refractivity contribution in [3.63, 3.8) is 0 Å². The molecule has 0 atom stereocenters. The number of nitro benzene ring substituents is 1. The van der Waals surface area contributed by atoms with Gasteiger partial charge in [0.25, 0.3) is 5.69 Å². The largest absolute Gasteiger partial charge is 0.294 e. The number of nitro groups is 1. The summed E-state index contributed by atoms with van der Waals surface area (Å²) in [5.74, 6) is 0. The van der Waals surface area contributed by atoms with Crippen molar-refractivity contribution in [2.24, 2.45) is 5.10 Å². The van der Waals surface area contributed by atoms with E-state index in [0.29, 0.717) is 5.69 Å². The number of nitrogens with one attached hydrogen (secondary N) is 1. The van der Waals surface area contributed by atoms with E-state index >= 15 is 0 Å². The van der Waals surface area contributed by atoms with Gasteiger partial charge in [0, 0.05) is 11.8 Å². The molecule has 0 aliphatic heterocycles. The zero-order valence-corrected chi connectivity index (χ0v) is 11.1. The maximum absolute atomic E-state index is 10.9. The fourth-order valence-electron chi connectivity index (χ4n) is 1.53. The standard InChI is InChI=1S/C13H19N3O2/c1-4-5-6-11(3)14-15-12-8-7-10(2)9-13(12)16(17)18/h7-9,15H,4-6H2,1-3H3/b14-11+. The molecule has 0 amide bonds. The number of anilines is 1. The van der Waals surface area contributed by atoms with Gasteiger partial charge in [-0.2, -0.15) is 5.10 Å². The van der Waals surface area contributed by atoms with Crippen molar-refractivity contribution in [2.45, 2.75) is 40.0 Å². The monoisotopic (exact) mass is 249 g/mol. The molecule has 0 aliphatic rings. The predicted molar refractivity (Wildman–Crippen MR) is 74.1 cm³/mol. The van der Waals surface area contributed by atoms with Crippen molar-refractivity contribution in [3.8, 4) is 0 Å². The molecule has 0 saturated heterocycles. The van der Waals surface area contributed by atoms with Gasteiger partial charge in [0.15, 0.2) is 0 Å². The Hall–Kier alpha value is -1.91. The summed E-state index contributed by atoms with van der Waals surface area (Å²) < 4.78 is 0. The zero-order chi connectivity index (χ0) is 13.5. The highest BCUT2D eigenvalue weighted by Crippen LogP contribution is 2.25. The lowest BCUT2D eigenvalue weighted by Gasteiger charge is -2.04. The number of hydrogen-bond acceptors (Lipinski definition) is 4. The van der Waals surface area contributed by atoms with E-state index in [0.717, 1.165) is 30.5 Å². The quantitative estimate of drug-likeness (QED) is 0.472. The fraction of sp³-hybridized carbons (Fsp3) is 0.462. The van der Waals surface area contributed by atoms with Crippen molar-refractivity contribution < 1.29 is 4.92 Å². The van der Waals surface area contributed by atoms with Crippen molar-refractivity contribution in [2.75, 3.05) is 5.43 Å². The van der Waals surface area contributed by atoms with Crippen LogP contribution < -0.4 is 5.43 Å². The summed E-state index contributed by atoms with van der Waals surface area (Å²) in [5.41, 5.74) is 5.08. The van der Waals surface area contributed by atoms with Crippen LogP contribution in [0.3, 0.4) is 0 Å². The number of nitrogens with zero attached hydrogens (tertiary/aromatic N) is 2. The third-order valence-electron chi connectivity index (χ3n) is 2.61. The number of aryl methyl sites for hydroxylation is 1. The summed E-state index contributed by atoms with van der Waals surface area (Å²) in [4.78, 5) is 10.5. The SMILES string of the molecule is CCCC/C(C)=N/Nc1ccc(C)cc1[N+](=O)[O-]. The summed E-state index contributed by atoms with van der Waals surface area (Å²) in [5, 5.41) is 15.1. The highest BCUT2D eigenvalue weighted by molar-refractivity contribution is 5.82. The van der Waals surface area contributed by atoms with Gasteiger partial charge >= 0.3 is 0 Å². The van der Waals surface area contributed by atoms with Crippen molar-refractivity contribution >= 4 is 17.1 Å². The minimum Gasteiger partial charge on any atom is -0.272 e. The van der Waals surface area contributed by atoms with E-state index in [2.05, 4.69) is 17.5 Å². The average molecular weight is 249 g/mol. The molecule has 1 aromatic rings. The second-order valence-electron chi connectivity index (χ2n) is 4.34. The van der Waals surface area contributed by atoms with E-state index in [1.54, 1.807) is 12.1 Å². The van der Waals surface area contributed by atoms with E-state index in [1.807, 2.05) is 19.9 Å². The Morgan fingerprint density at radius 3 is 2.83 bits per heavy atom. The summed E-state index contributed by atoms with van der Waals surface area (Å²) in [7, 11) is 0. The van der Waals surface area contributed by atoms with Gasteiger partial charge in [0.05, 0.1) is 4.92 Å². The highest BCUT2D eigenvalue weighted by atomic mass is 16.6. The summed E-state index contributed by atoms with van der Waals surface area (Å²) in [6.45, 7) is 5.86. The molecule has 1 aromatic carbocycles. The van der Waals surface area contributed by atoms with Crippen LogP contribution in [0, 0.1) is 17.0 Å². The molecule has 0 unspecified atom stereocenters. The fourth-order valence-corrected chi connectivity index (χ4v) is 1.53. The third-order valence-corrected chi connectivity index (χ3v) is 2.61. The first-order valence-electron chi connectivity index (χ1n) is 6.08. The summed E-state index contributed by atoms with van der Waals surface area (Å²) in [6.07, 6.45) is 3.09. The molecular formula is C13H19N3O2. The molecule has 0 bridgehead atoms. The third kappa shape index (κ3) is 4.16. The lowest BCUT2D eigenvalue weighted by atomic mass is 10.2. The zero-order valence-electron chi connectivity index (χ0n) is 11.1. The molecule has 0 saturated carbocycles. The van der Waals surface area contributed by atoms with Gasteiger partial charge in [-0.05, 0) is 38.3 Å².